The Hall–Kier alpha value is -1.55. The summed E-state index contributed by atoms with van der Waals surface area (Å²) in [7, 11) is 0. The van der Waals surface area contributed by atoms with E-state index in [1.807, 2.05) is 18.2 Å². The highest BCUT2D eigenvalue weighted by Gasteiger charge is 2.07. The highest BCUT2D eigenvalue weighted by molar-refractivity contribution is 5.75. The summed E-state index contributed by atoms with van der Waals surface area (Å²) in [6.45, 7) is 2.15. The Balaban J connectivity index is 2.27. The molecule has 4 heteroatoms. The van der Waals surface area contributed by atoms with E-state index >= 15 is 0 Å². The van der Waals surface area contributed by atoms with E-state index in [4.69, 9.17) is 5.73 Å². The fourth-order valence-electron chi connectivity index (χ4n) is 1.87. The van der Waals surface area contributed by atoms with Crippen LogP contribution in [0.15, 0.2) is 23.0 Å². The van der Waals surface area contributed by atoms with Gasteiger partial charge in [0.25, 0.3) is 0 Å². The van der Waals surface area contributed by atoms with E-state index in [0.717, 1.165) is 35.9 Å². The van der Waals surface area contributed by atoms with Gasteiger partial charge in [0.15, 0.2) is 0 Å². The van der Waals surface area contributed by atoms with Crippen LogP contribution in [-0.4, -0.2) is 9.97 Å². The van der Waals surface area contributed by atoms with Crippen LogP contribution in [0.4, 0.5) is 0 Å². The highest BCUT2D eigenvalue weighted by Crippen LogP contribution is 2.19. The summed E-state index contributed by atoms with van der Waals surface area (Å²) in [5.74, 6) is 0. The summed E-state index contributed by atoms with van der Waals surface area (Å²) in [6, 6.07) is 5.89. The van der Waals surface area contributed by atoms with Crippen molar-refractivity contribution in [1.82, 2.24) is 9.97 Å². The number of nitrogens with two attached hydrogens (primary N) is 1. The van der Waals surface area contributed by atoms with Crippen LogP contribution in [0.3, 0.4) is 0 Å². The summed E-state index contributed by atoms with van der Waals surface area (Å²) >= 11 is 0. The first-order valence-electron chi connectivity index (χ1n) is 5.68. The molecule has 4 N–H and O–H groups in total. The number of imidazole rings is 1. The van der Waals surface area contributed by atoms with E-state index < -0.39 is 0 Å². The van der Waals surface area contributed by atoms with E-state index in [0.29, 0.717) is 0 Å². The number of rotatable bonds is 4. The summed E-state index contributed by atoms with van der Waals surface area (Å²) in [6.07, 6.45) is 3.26. The van der Waals surface area contributed by atoms with Crippen LogP contribution in [0.2, 0.25) is 0 Å². The number of fused-ring (bicyclic) bond motifs is 1. The van der Waals surface area contributed by atoms with Crippen molar-refractivity contribution >= 4 is 11.0 Å². The van der Waals surface area contributed by atoms with Gasteiger partial charge in [0.1, 0.15) is 0 Å². The fourth-order valence-corrected chi connectivity index (χ4v) is 1.87. The zero-order valence-corrected chi connectivity index (χ0v) is 9.42. The zero-order chi connectivity index (χ0) is 11.5. The average molecular weight is 219 g/mol. The van der Waals surface area contributed by atoms with E-state index in [9.17, 15) is 4.79 Å². The first kappa shape index (κ1) is 11.0. The molecule has 1 aromatic carbocycles. The van der Waals surface area contributed by atoms with Crippen LogP contribution in [0.5, 0.6) is 0 Å². The minimum absolute atomic E-state index is 0.0581. The Morgan fingerprint density at radius 1 is 1.31 bits per heavy atom. The van der Waals surface area contributed by atoms with Crippen molar-refractivity contribution in [3.05, 3.63) is 34.2 Å². The molecular formula is C12H17N3O. The molecule has 0 amide bonds. The molecule has 0 aliphatic carbocycles. The standard InChI is InChI=1S/C12H17N3O/c1-2-3-4-9(13)8-5-6-10-11(7-8)15-12(16)14-10/h5-7,9H,2-4,13H2,1H3,(H2,14,15,16). The maximum Gasteiger partial charge on any atom is 0.323 e. The van der Waals surface area contributed by atoms with Crippen LogP contribution < -0.4 is 11.4 Å². The molecule has 0 bridgehead atoms. The molecule has 1 heterocycles. The molecule has 0 spiro atoms. The number of hydrogen-bond donors (Lipinski definition) is 3. The van der Waals surface area contributed by atoms with Crippen LogP contribution in [0.1, 0.15) is 37.8 Å². The van der Waals surface area contributed by atoms with Crippen molar-refractivity contribution in [2.75, 3.05) is 0 Å². The first-order chi connectivity index (χ1) is 7.70. The Morgan fingerprint density at radius 3 is 2.81 bits per heavy atom. The number of aromatic amines is 2. The van der Waals surface area contributed by atoms with Gasteiger partial charge in [0, 0.05) is 6.04 Å². The molecule has 1 atom stereocenters. The summed E-state index contributed by atoms with van der Waals surface area (Å²) < 4.78 is 0. The fraction of sp³-hybridized carbons (Fsp3) is 0.417. The number of unbranched alkanes of at least 4 members (excludes halogenated alkanes) is 1. The summed E-state index contributed by atoms with van der Waals surface area (Å²) in [5, 5.41) is 0. The number of H-pyrrole nitrogens is 2. The lowest BCUT2D eigenvalue weighted by molar-refractivity contribution is 0.604. The molecule has 0 saturated carbocycles. The largest absolute Gasteiger partial charge is 0.324 e. The minimum atomic E-state index is -0.172. The van der Waals surface area contributed by atoms with Gasteiger partial charge in [-0.3, -0.25) is 0 Å². The SMILES string of the molecule is CCCCC(N)c1ccc2[nH]c(=O)[nH]c2c1. The van der Waals surface area contributed by atoms with Crippen molar-refractivity contribution < 1.29 is 0 Å². The van der Waals surface area contributed by atoms with Gasteiger partial charge in [0.2, 0.25) is 0 Å². The van der Waals surface area contributed by atoms with Crippen molar-refractivity contribution in [1.29, 1.82) is 0 Å². The molecular weight excluding hydrogens is 202 g/mol. The smallest absolute Gasteiger partial charge is 0.323 e. The van der Waals surface area contributed by atoms with Gasteiger partial charge in [-0.15, -0.1) is 0 Å². The van der Waals surface area contributed by atoms with Crippen LogP contribution >= 0.6 is 0 Å². The maximum atomic E-state index is 11.1. The summed E-state index contributed by atoms with van der Waals surface area (Å²) in [5.41, 5.74) is 8.64. The number of hydrogen-bond acceptors (Lipinski definition) is 2. The quantitative estimate of drug-likeness (QED) is 0.736. The van der Waals surface area contributed by atoms with E-state index in [1.165, 1.54) is 0 Å². The third-order valence-electron chi connectivity index (χ3n) is 2.84. The highest BCUT2D eigenvalue weighted by atomic mass is 16.1. The molecule has 0 aliphatic heterocycles. The van der Waals surface area contributed by atoms with E-state index in [-0.39, 0.29) is 11.7 Å². The first-order valence-corrected chi connectivity index (χ1v) is 5.68. The molecule has 2 rings (SSSR count). The van der Waals surface area contributed by atoms with Gasteiger partial charge in [0.05, 0.1) is 11.0 Å². The van der Waals surface area contributed by atoms with Gasteiger partial charge in [-0.05, 0) is 24.1 Å². The molecule has 4 nitrogen and oxygen atoms in total. The molecule has 1 unspecified atom stereocenters. The third-order valence-corrected chi connectivity index (χ3v) is 2.84. The van der Waals surface area contributed by atoms with Gasteiger partial charge in [-0.1, -0.05) is 25.8 Å². The normalized spacial score (nSPS) is 13.1. The number of nitrogens with one attached hydrogen (secondary N) is 2. The van der Waals surface area contributed by atoms with Gasteiger partial charge in [-0.2, -0.15) is 0 Å². The molecule has 86 valence electrons. The molecule has 0 saturated heterocycles. The lowest BCUT2D eigenvalue weighted by Crippen LogP contribution is -2.09. The molecule has 0 aliphatic rings. The Kier molecular flexibility index (Phi) is 3.10. The molecule has 2 aromatic rings. The van der Waals surface area contributed by atoms with Gasteiger partial charge in [-0.25, -0.2) is 4.79 Å². The Labute approximate surface area is 93.9 Å². The molecule has 0 fully saturated rings. The summed E-state index contributed by atoms with van der Waals surface area (Å²) in [4.78, 5) is 16.6. The monoisotopic (exact) mass is 219 g/mol. The Morgan fingerprint density at radius 2 is 2.06 bits per heavy atom. The van der Waals surface area contributed by atoms with E-state index in [2.05, 4.69) is 16.9 Å². The predicted octanol–water partition coefficient (Wildman–Crippen LogP) is 2.05. The topological polar surface area (TPSA) is 74.7 Å². The third kappa shape index (κ3) is 2.17. The zero-order valence-electron chi connectivity index (χ0n) is 9.42. The second-order valence-corrected chi connectivity index (χ2v) is 4.13. The number of benzene rings is 1. The second kappa shape index (κ2) is 4.53. The van der Waals surface area contributed by atoms with Crippen LogP contribution in [-0.2, 0) is 0 Å². The van der Waals surface area contributed by atoms with E-state index in [1.54, 1.807) is 0 Å². The van der Waals surface area contributed by atoms with Crippen LogP contribution in [0.25, 0.3) is 11.0 Å². The van der Waals surface area contributed by atoms with Crippen molar-refractivity contribution in [2.24, 2.45) is 5.73 Å². The number of aromatic nitrogens is 2. The van der Waals surface area contributed by atoms with Crippen molar-refractivity contribution in [3.63, 3.8) is 0 Å². The van der Waals surface area contributed by atoms with Crippen LogP contribution in [0, 0.1) is 0 Å². The predicted molar refractivity (Wildman–Crippen MR) is 65.4 cm³/mol. The average Bonchev–Trinajstić information content (AvgIpc) is 2.64. The lowest BCUT2D eigenvalue weighted by Gasteiger charge is -2.10. The lowest BCUT2D eigenvalue weighted by atomic mass is 10.0. The second-order valence-electron chi connectivity index (χ2n) is 4.13. The molecule has 0 radical (unpaired) electrons. The van der Waals surface area contributed by atoms with Crippen molar-refractivity contribution in [3.8, 4) is 0 Å². The minimum Gasteiger partial charge on any atom is -0.324 e. The Bertz CT molecular complexity index is 526. The van der Waals surface area contributed by atoms with Crippen molar-refractivity contribution in [2.45, 2.75) is 32.2 Å². The molecule has 1 aromatic heterocycles. The van der Waals surface area contributed by atoms with Gasteiger partial charge >= 0.3 is 5.69 Å². The van der Waals surface area contributed by atoms with Gasteiger partial charge < -0.3 is 15.7 Å². The maximum absolute atomic E-state index is 11.1. The molecule has 16 heavy (non-hydrogen) atoms.